The fourth-order valence-electron chi connectivity index (χ4n) is 4.06. The summed E-state index contributed by atoms with van der Waals surface area (Å²) < 4.78 is 0. The van der Waals surface area contributed by atoms with Gasteiger partial charge in [0, 0.05) is 26.9 Å². The van der Waals surface area contributed by atoms with Crippen LogP contribution < -0.4 is 16.0 Å². The molecule has 1 aromatic heterocycles. The number of carbonyl (C=O) groups is 3. The molecule has 0 aliphatic carbocycles. The summed E-state index contributed by atoms with van der Waals surface area (Å²) in [4.78, 5) is 40.3. The van der Waals surface area contributed by atoms with Crippen LogP contribution in [0.1, 0.15) is 26.7 Å². The predicted molar refractivity (Wildman–Crippen MR) is 176 cm³/mol. The highest BCUT2D eigenvalue weighted by atomic mass is 35.5. The van der Waals surface area contributed by atoms with E-state index < -0.39 is 11.2 Å². The minimum Gasteiger partial charge on any atom is -0.325 e. The van der Waals surface area contributed by atoms with Crippen LogP contribution in [-0.2, 0) is 9.59 Å². The van der Waals surface area contributed by atoms with E-state index >= 15 is 0 Å². The number of anilines is 2. The molecule has 0 saturated heterocycles. The van der Waals surface area contributed by atoms with Crippen molar-refractivity contribution in [2.45, 2.75) is 10.1 Å². The highest BCUT2D eigenvalue weighted by Gasteiger charge is 2.22. The molecule has 0 spiro atoms. The normalized spacial score (nSPS) is 11.8. The van der Waals surface area contributed by atoms with Crippen LogP contribution in [0.4, 0.5) is 11.4 Å². The molecule has 0 saturated carbocycles. The van der Waals surface area contributed by atoms with Crippen molar-refractivity contribution in [1.82, 2.24) is 5.32 Å². The molecule has 5 rings (SSSR count). The minimum absolute atomic E-state index is 0.119. The predicted octanol–water partition coefficient (Wildman–Crippen LogP) is 8.28. The molecule has 4 aromatic carbocycles. The second-order valence-electron chi connectivity index (χ2n) is 9.32. The Morgan fingerprint density at radius 3 is 2.02 bits per heavy atom. The number of amides is 3. The first-order chi connectivity index (χ1) is 20.9. The molecule has 6 nitrogen and oxygen atoms in total. The summed E-state index contributed by atoms with van der Waals surface area (Å²) in [7, 11) is 0. The van der Waals surface area contributed by atoms with E-state index in [1.807, 2.05) is 65.4 Å². The van der Waals surface area contributed by atoms with Crippen molar-refractivity contribution < 1.29 is 14.4 Å². The van der Waals surface area contributed by atoms with Crippen molar-refractivity contribution in [1.29, 1.82) is 0 Å². The maximum absolute atomic E-state index is 13.3. The number of carbonyl (C=O) groups excluding carboxylic acids is 3. The Morgan fingerprint density at radius 2 is 1.37 bits per heavy atom. The zero-order valence-corrected chi connectivity index (χ0v) is 25.1. The van der Waals surface area contributed by atoms with Gasteiger partial charge in [0.25, 0.3) is 11.8 Å². The lowest BCUT2D eigenvalue weighted by Crippen LogP contribution is -2.30. The molecule has 43 heavy (non-hydrogen) atoms. The highest BCUT2D eigenvalue weighted by Crippen LogP contribution is 2.37. The van der Waals surface area contributed by atoms with E-state index in [1.165, 1.54) is 23.1 Å². The van der Waals surface area contributed by atoms with E-state index in [4.69, 9.17) is 11.6 Å². The largest absolute Gasteiger partial charge is 0.325 e. The second kappa shape index (κ2) is 14.5. The van der Waals surface area contributed by atoms with Crippen molar-refractivity contribution in [3.05, 3.63) is 153 Å². The summed E-state index contributed by atoms with van der Waals surface area (Å²) in [6.07, 6.45) is 1.64. The Balaban J connectivity index is 1.30. The molecule has 0 bridgehead atoms. The van der Waals surface area contributed by atoms with E-state index in [0.29, 0.717) is 22.0 Å². The van der Waals surface area contributed by atoms with Crippen molar-refractivity contribution in [3.8, 4) is 0 Å². The second-order valence-corrected chi connectivity index (χ2v) is 11.7. The smallest absolute Gasteiger partial charge is 0.272 e. The van der Waals surface area contributed by atoms with E-state index in [0.717, 1.165) is 16.0 Å². The third-order valence-electron chi connectivity index (χ3n) is 6.20. The average molecular weight is 624 g/mol. The van der Waals surface area contributed by atoms with Gasteiger partial charge in [-0.25, -0.2) is 0 Å². The van der Waals surface area contributed by atoms with Gasteiger partial charge < -0.3 is 16.0 Å². The van der Waals surface area contributed by atoms with Gasteiger partial charge >= 0.3 is 0 Å². The van der Waals surface area contributed by atoms with Crippen LogP contribution in [-0.4, -0.2) is 17.7 Å². The van der Waals surface area contributed by atoms with Crippen LogP contribution in [0, 0.1) is 0 Å². The molecule has 0 radical (unpaired) electrons. The molecule has 1 unspecified atom stereocenters. The van der Waals surface area contributed by atoms with Gasteiger partial charge in [0.2, 0.25) is 5.91 Å². The quantitative estimate of drug-likeness (QED) is 0.108. The maximum Gasteiger partial charge on any atom is 0.272 e. The SMILES string of the molecule is O=C(Nc1ccc(SC(C(=O)Nc2ccc(Cl)cc2)c2ccccc2)cc1)/C(=C/c1ccsc1)NC(=O)c1ccccc1. The summed E-state index contributed by atoms with van der Waals surface area (Å²) in [5.74, 6) is -1.01. The van der Waals surface area contributed by atoms with Crippen LogP contribution in [0.2, 0.25) is 5.02 Å². The molecule has 1 atom stereocenters. The zero-order chi connectivity index (χ0) is 30.0. The lowest BCUT2D eigenvalue weighted by Gasteiger charge is -2.17. The fraction of sp³-hybridized carbons (Fsp3) is 0.0294. The molecule has 5 aromatic rings. The van der Waals surface area contributed by atoms with Gasteiger partial charge in [0.05, 0.1) is 0 Å². The number of thiophene rings is 1. The van der Waals surface area contributed by atoms with Crippen LogP contribution in [0.15, 0.2) is 137 Å². The van der Waals surface area contributed by atoms with Gasteiger partial charge in [-0.3, -0.25) is 14.4 Å². The first kappa shape index (κ1) is 29.8. The van der Waals surface area contributed by atoms with Gasteiger partial charge in [-0.15, -0.1) is 11.8 Å². The molecular formula is C34H26ClN3O3S2. The summed E-state index contributed by atoms with van der Waals surface area (Å²) in [6, 6.07) is 34.3. The van der Waals surface area contributed by atoms with Gasteiger partial charge in [0.1, 0.15) is 10.9 Å². The monoisotopic (exact) mass is 623 g/mol. The molecule has 0 fully saturated rings. The molecule has 3 amide bonds. The van der Waals surface area contributed by atoms with E-state index in [1.54, 1.807) is 66.7 Å². The number of hydrogen-bond acceptors (Lipinski definition) is 5. The van der Waals surface area contributed by atoms with Gasteiger partial charge in [-0.05, 0) is 94.7 Å². The Morgan fingerprint density at radius 1 is 0.744 bits per heavy atom. The molecule has 0 aliphatic heterocycles. The molecule has 3 N–H and O–H groups in total. The molecule has 1 heterocycles. The van der Waals surface area contributed by atoms with Crippen molar-refractivity contribution in [2.75, 3.05) is 10.6 Å². The standard InChI is InChI=1S/C34H26ClN3O3S2/c35-26-11-13-27(14-12-26)37-34(41)31(24-7-3-1-4-8-24)43-29-17-15-28(16-18-29)36-33(40)30(21-23-19-20-42-22-23)38-32(39)25-9-5-2-6-10-25/h1-22,31H,(H,36,40)(H,37,41)(H,38,39)/b30-21-. The number of halogens is 1. The molecule has 0 aliphatic rings. The highest BCUT2D eigenvalue weighted by molar-refractivity contribution is 8.00. The molecule has 214 valence electrons. The summed E-state index contributed by atoms with van der Waals surface area (Å²) >= 11 is 8.88. The fourth-order valence-corrected chi connectivity index (χ4v) is 5.83. The number of thioether (sulfide) groups is 1. The van der Waals surface area contributed by atoms with Gasteiger partial charge in [0.15, 0.2) is 0 Å². The molecule has 9 heteroatoms. The topological polar surface area (TPSA) is 87.3 Å². The third-order valence-corrected chi connectivity index (χ3v) is 8.42. The van der Waals surface area contributed by atoms with Gasteiger partial charge in [-0.2, -0.15) is 11.3 Å². The van der Waals surface area contributed by atoms with E-state index in [2.05, 4.69) is 16.0 Å². The van der Waals surface area contributed by atoms with Crippen LogP contribution in [0.3, 0.4) is 0 Å². The summed E-state index contributed by atoms with van der Waals surface area (Å²) in [6.45, 7) is 0. The number of nitrogens with one attached hydrogen (secondary N) is 3. The van der Waals surface area contributed by atoms with Crippen LogP contribution in [0.25, 0.3) is 6.08 Å². The molecular weight excluding hydrogens is 598 g/mol. The van der Waals surface area contributed by atoms with Gasteiger partial charge in [-0.1, -0.05) is 60.1 Å². The van der Waals surface area contributed by atoms with Crippen LogP contribution >= 0.6 is 34.7 Å². The summed E-state index contributed by atoms with van der Waals surface area (Å²) in [5, 5.41) is 12.4. The lowest BCUT2D eigenvalue weighted by molar-refractivity contribution is -0.116. The van der Waals surface area contributed by atoms with Crippen molar-refractivity contribution in [3.63, 3.8) is 0 Å². The minimum atomic E-state index is -0.523. The first-order valence-electron chi connectivity index (χ1n) is 13.2. The van der Waals surface area contributed by atoms with E-state index in [-0.39, 0.29) is 17.5 Å². The third kappa shape index (κ3) is 8.45. The Bertz CT molecular complexity index is 1710. The average Bonchev–Trinajstić information content (AvgIpc) is 3.55. The first-order valence-corrected chi connectivity index (χ1v) is 15.4. The number of hydrogen-bond donors (Lipinski definition) is 3. The van der Waals surface area contributed by atoms with Crippen molar-refractivity contribution in [2.24, 2.45) is 0 Å². The maximum atomic E-state index is 13.3. The summed E-state index contributed by atoms with van der Waals surface area (Å²) in [5.41, 5.74) is 3.42. The lowest BCUT2D eigenvalue weighted by atomic mass is 10.1. The van der Waals surface area contributed by atoms with Crippen LogP contribution in [0.5, 0.6) is 0 Å². The Kier molecular flexibility index (Phi) is 10.1. The number of rotatable bonds is 10. The zero-order valence-electron chi connectivity index (χ0n) is 22.7. The number of benzene rings is 4. The van der Waals surface area contributed by atoms with E-state index in [9.17, 15) is 14.4 Å². The Hall–Kier alpha value is -4.63. The van der Waals surface area contributed by atoms with Crippen molar-refractivity contribution >= 4 is 69.9 Å². The Labute approximate surface area is 262 Å².